The Morgan fingerprint density at radius 3 is 2.80 bits per heavy atom. The van der Waals surface area contributed by atoms with Gasteiger partial charge in [0.1, 0.15) is 0 Å². The number of hydrogen-bond donors (Lipinski definition) is 3. The van der Waals surface area contributed by atoms with Gasteiger partial charge in [-0.1, -0.05) is 0 Å². The second-order valence-corrected chi connectivity index (χ2v) is 1.86. The molecule has 0 aromatic carbocycles. The van der Waals surface area contributed by atoms with Crippen molar-refractivity contribution in [1.29, 1.82) is 0 Å². The summed E-state index contributed by atoms with van der Waals surface area (Å²) in [6, 6.07) is 0. The van der Waals surface area contributed by atoms with Crippen LogP contribution in [0.2, 0.25) is 0 Å². The van der Waals surface area contributed by atoms with E-state index in [4.69, 9.17) is 17.7 Å². The molecule has 0 aliphatic carbocycles. The van der Waals surface area contributed by atoms with E-state index in [2.05, 4.69) is 16.2 Å². The Hall–Kier alpha value is 1.05. The summed E-state index contributed by atoms with van der Waals surface area (Å²) in [5, 5.41) is 14.0. The smallest absolute Gasteiger partial charge is 0.739 e. The van der Waals surface area contributed by atoms with Crippen LogP contribution in [0.25, 0.3) is 0 Å². The minimum atomic E-state index is 0. The predicted octanol–water partition coefficient (Wildman–Crippen LogP) is -4.87. The van der Waals surface area contributed by atoms with Gasteiger partial charge >= 0.3 is 51.4 Å². The van der Waals surface area contributed by atoms with Crippen molar-refractivity contribution in [2.24, 2.45) is 5.10 Å². The number of amidine groups is 1. The SMILES string of the molecule is OCCN1NNN=C1[S-].[K+]. The number of rotatable bonds is 2. The number of hydrazine groups is 2. The molecule has 10 heavy (non-hydrogen) atoms. The Morgan fingerprint density at radius 2 is 2.40 bits per heavy atom. The third-order valence-corrected chi connectivity index (χ3v) is 1.20. The standard InChI is InChI=1S/C3H8N4OS.K/c8-2-1-7-3(9)4-5-6-7;/h5-6,8H,1-2H2,(H,4,9);/q;+1/p-1. The van der Waals surface area contributed by atoms with Crippen LogP contribution in [0.3, 0.4) is 0 Å². The van der Waals surface area contributed by atoms with E-state index in [1.807, 2.05) is 0 Å². The number of aliphatic hydroxyl groups is 1. The Kier molecular flexibility index (Phi) is 6.26. The quantitative estimate of drug-likeness (QED) is 0.298. The minimum absolute atomic E-state index is 0. The molecule has 52 valence electrons. The third-order valence-electron chi connectivity index (χ3n) is 0.891. The van der Waals surface area contributed by atoms with Crippen LogP contribution in [-0.4, -0.2) is 28.4 Å². The summed E-state index contributed by atoms with van der Waals surface area (Å²) in [6.07, 6.45) is 0. The van der Waals surface area contributed by atoms with Crippen LogP contribution in [0.15, 0.2) is 5.10 Å². The summed E-state index contributed by atoms with van der Waals surface area (Å²) in [5.41, 5.74) is 5.08. The van der Waals surface area contributed by atoms with Gasteiger partial charge in [0.15, 0.2) is 0 Å². The Morgan fingerprint density at radius 1 is 1.70 bits per heavy atom. The van der Waals surface area contributed by atoms with Crippen molar-refractivity contribution in [2.45, 2.75) is 0 Å². The van der Waals surface area contributed by atoms with E-state index in [-0.39, 0.29) is 58.0 Å². The van der Waals surface area contributed by atoms with E-state index >= 15 is 0 Å². The van der Waals surface area contributed by atoms with E-state index in [1.54, 1.807) is 0 Å². The van der Waals surface area contributed by atoms with Crippen LogP contribution in [0, 0.1) is 0 Å². The van der Waals surface area contributed by atoms with Crippen LogP contribution in [0.5, 0.6) is 0 Å². The second-order valence-electron chi connectivity index (χ2n) is 1.49. The summed E-state index contributed by atoms with van der Waals surface area (Å²) in [4.78, 5) is 0. The van der Waals surface area contributed by atoms with Gasteiger partial charge in [0, 0.05) is 5.17 Å². The number of β-amino-alcohol motifs (C(OH)–C–C–N with tert-alkyl or cyclic N) is 1. The molecule has 0 saturated carbocycles. The summed E-state index contributed by atoms with van der Waals surface area (Å²) in [5.74, 6) is 0. The first kappa shape index (κ1) is 11.0. The van der Waals surface area contributed by atoms with Gasteiger partial charge in [0.2, 0.25) is 0 Å². The Balaban J connectivity index is 0.000000810. The average molecular weight is 186 g/mol. The van der Waals surface area contributed by atoms with Crippen molar-refractivity contribution in [2.75, 3.05) is 13.2 Å². The molecule has 1 aliphatic rings. The van der Waals surface area contributed by atoms with Crippen LogP contribution >= 0.6 is 0 Å². The van der Waals surface area contributed by atoms with Crippen LogP contribution in [0.1, 0.15) is 0 Å². The fourth-order valence-corrected chi connectivity index (χ4v) is 0.675. The average Bonchev–Trinajstić information content (AvgIpc) is 2.18. The Bertz CT molecular complexity index is 132. The molecule has 0 radical (unpaired) electrons. The summed E-state index contributed by atoms with van der Waals surface area (Å²) < 4.78 is 0. The molecule has 0 spiro atoms. The molecule has 0 fully saturated rings. The van der Waals surface area contributed by atoms with Gasteiger partial charge in [-0.25, -0.2) is 5.53 Å². The van der Waals surface area contributed by atoms with Crippen molar-refractivity contribution in [3.63, 3.8) is 0 Å². The van der Waals surface area contributed by atoms with Gasteiger partial charge in [-0.05, 0) is 0 Å². The van der Waals surface area contributed by atoms with E-state index < -0.39 is 0 Å². The number of aliphatic hydroxyl groups excluding tert-OH is 1. The predicted molar refractivity (Wildman–Crippen MR) is 34.9 cm³/mol. The summed E-state index contributed by atoms with van der Waals surface area (Å²) >= 11 is 4.73. The molecule has 7 heteroatoms. The largest absolute Gasteiger partial charge is 1.00 e. The van der Waals surface area contributed by atoms with Gasteiger partial charge in [-0.2, -0.15) is 5.10 Å². The maximum absolute atomic E-state index is 8.43. The molecule has 0 aromatic rings. The normalized spacial score (nSPS) is 15.7. The molecular formula is C3H7KN4OS. The summed E-state index contributed by atoms with van der Waals surface area (Å²) in [6.45, 7) is 0.514. The first-order chi connectivity index (χ1) is 4.34. The number of hydrazone groups is 1. The van der Waals surface area contributed by atoms with Crippen molar-refractivity contribution in [3.8, 4) is 0 Å². The molecule has 0 unspecified atom stereocenters. The van der Waals surface area contributed by atoms with Crippen molar-refractivity contribution >= 4 is 17.8 Å². The number of nitrogens with one attached hydrogen (secondary N) is 2. The summed E-state index contributed by atoms with van der Waals surface area (Å²) in [7, 11) is 0. The van der Waals surface area contributed by atoms with E-state index in [9.17, 15) is 0 Å². The van der Waals surface area contributed by atoms with Crippen molar-refractivity contribution in [3.05, 3.63) is 0 Å². The van der Waals surface area contributed by atoms with Crippen LogP contribution < -0.4 is 62.5 Å². The maximum atomic E-state index is 8.43. The zero-order valence-electron chi connectivity index (χ0n) is 5.66. The fraction of sp³-hybridized carbons (Fsp3) is 0.667. The molecule has 1 rings (SSSR count). The van der Waals surface area contributed by atoms with Gasteiger partial charge in [-0.15, -0.1) is 5.53 Å². The zero-order chi connectivity index (χ0) is 6.69. The molecule has 0 bridgehead atoms. The molecular weight excluding hydrogens is 179 g/mol. The number of nitrogens with zero attached hydrogens (tertiary/aromatic N) is 2. The minimum Gasteiger partial charge on any atom is -0.739 e. The van der Waals surface area contributed by atoms with Gasteiger partial charge in [0.05, 0.1) is 13.2 Å². The van der Waals surface area contributed by atoms with E-state index in [0.29, 0.717) is 11.7 Å². The topological polar surface area (TPSA) is 59.9 Å². The van der Waals surface area contributed by atoms with Crippen molar-refractivity contribution < 1.29 is 56.5 Å². The van der Waals surface area contributed by atoms with Crippen molar-refractivity contribution in [1.82, 2.24) is 16.1 Å². The maximum Gasteiger partial charge on any atom is 1.00 e. The first-order valence-corrected chi connectivity index (χ1v) is 2.89. The molecule has 3 N–H and O–H groups in total. The van der Waals surface area contributed by atoms with E-state index in [1.165, 1.54) is 5.01 Å². The zero-order valence-corrected chi connectivity index (χ0v) is 9.60. The van der Waals surface area contributed by atoms with Crippen LogP contribution in [0.4, 0.5) is 0 Å². The van der Waals surface area contributed by atoms with Gasteiger partial charge < -0.3 is 17.7 Å². The Labute approximate surface area is 107 Å². The molecule has 0 atom stereocenters. The molecule has 1 heterocycles. The molecule has 0 amide bonds. The first-order valence-electron chi connectivity index (χ1n) is 2.48. The fourth-order valence-electron chi connectivity index (χ4n) is 0.493. The monoisotopic (exact) mass is 186 g/mol. The molecule has 1 aliphatic heterocycles. The van der Waals surface area contributed by atoms with E-state index in [0.717, 1.165) is 0 Å². The molecule has 5 nitrogen and oxygen atoms in total. The second kappa shape index (κ2) is 5.67. The van der Waals surface area contributed by atoms with Gasteiger partial charge in [-0.3, -0.25) is 5.01 Å². The van der Waals surface area contributed by atoms with Gasteiger partial charge in [0.25, 0.3) is 0 Å². The molecule has 0 aromatic heterocycles. The molecule has 0 saturated heterocycles. The number of hydrogen-bond acceptors (Lipinski definition) is 6. The third kappa shape index (κ3) is 2.97. The van der Waals surface area contributed by atoms with Crippen LogP contribution in [-0.2, 0) is 12.6 Å².